The Morgan fingerprint density at radius 2 is 2.12 bits per heavy atom. The lowest BCUT2D eigenvalue weighted by Gasteiger charge is -2.06. The number of hydrogen-bond acceptors (Lipinski definition) is 3. The summed E-state index contributed by atoms with van der Waals surface area (Å²) < 4.78 is 0. The van der Waals surface area contributed by atoms with Gasteiger partial charge < -0.3 is 15.9 Å². The molecule has 0 spiro atoms. The molecule has 0 heterocycles. The van der Waals surface area contributed by atoms with Crippen LogP contribution in [0.5, 0.6) is 0 Å². The Kier molecular flexibility index (Phi) is 2.44. The van der Waals surface area contributed by atoms with E-state index >= 15 is 0 Å². The van der Waals surface area contributed by atoms with E-state index in [1.807, 2.05) is 0 Å². The molecular formula is C4H9NO3. The molecule has 0 aliphatic heterocycles. The molecule has 4 nitrogen and oxygen atoms in total. The summed E-state index contributed by atoms with van der Waals surface area (Å²) in [5.74, 6) is -1.18. The molecule has 2 atom stereocenters. The number of hydrogen-bond donors (Lipinski definition) is 3. The highest BCUT2D eigenvalue weighted by Gasteiger charge is 2.16. The summed E-state index contributed by atoms with van der Waals surface area (Å²) >= 11 is 0. The molecular weight excluding hydrogens is 111 g/mol. The standard InChI is InChI=1S/C4H9NO3/c1-2(6)3(5)4(7)8/h2-3,6H,5H2,1H3,(H,7,8)/t2-,3+/m1/s1/i3+1. The van der Waals surface area contributed by atoms with Crippen LogP contribution in [-0.2, 0) is 4.79 Å². The minimum absolute atomic E-state index is 0.979. The van der Waals surface area contributed by atoms with Gasteiger partial charge in [-0.1, -0.05) is 0 Å². The van der Waals surface area contributed by atoms with Gasteiger partial charge in [-0.15, -0.1) is 0 Å². The predicted octanol–water partition coefficient (Wildman–Crippen LogP) is -1.22. The van der Waals surface area contributed by atoms with Crippen molar-refractivity contribution in [2.75, 3.05) is 0 Å². The van der Waals surface area contributed by atoms with Gasteiger partial charge in [-0.25, -0.2) is 0 Å². The number of carboxylic acids is 1. The first kappa shape index (κ1) is 7.39. The highest BCUT2D eigenvalue weighted by atomic mass is 16.4. The summed E-state index contributed by atoms with van der Waals surface area (Å²) in [4.78, 5) is 9.86. The first-order chi connectivity index (χ1) is 3.55. The van der Waals surface area contributed by atoms with E-state index in [-0.39, 0.29) is 0 Å². The fraction of sp³-hybridized carbons (Fsp3) is 0.750. The Morgan fingerprint density at radius 3 is 2.12 bits per heavy atom. The van der Waals surface area contributed by atoms with E-state index in [1.54, 1.807) is 0 Å². The summed E-state index contributed by atoms with van der Waals surface area (Å²) in [6.45, 7) is 1.33. The molecule has 0 rings (SSSR count). The van der Waals surface area contributed by atoms with Gasteiger partial charge in [0.05, 0.1) is 6.10 Å². The Morgan fingerprint density at radius 1 is 1.75 bits per heavy atom. The molecule has 0 fully saturated rings. The Bertz CT molecular complexity index is 91.3. The quantitative estimate of drug-likeness (QED) is 0.399. The number of aliphatic hydroxyl groups excluding tert-OH is 1. The molecule has 0 saturated carbocycles. The van der Waals surface area contributed by atoms with Crippen LogP contribution in [0.15, 0.2) is 0 Å². The van der Waals surface area contributed by atoms with Crippen LogP contribution in [0.3, 0.4) is 0 Å². The Balaban J connectivity index is 3.64. The number of nitrogens with two attached hydrogens (primary N) is 1. The molecule has 0 aromatic carbocycles. The third kappa shape index (κ3) is 1.90. The second kappa shape index (κ2) is 2.64. The fourth-order valence-corrected chi connectivity index (χ4v) is 0.206. The Hall–Kier alpha value is -0.610. The maximum absolute atomic E-state index is 9.86. The van der Waals surface area contributed by atoms with Gasteiger partial charge in [0.25, 0.3) is 0 Å². The van der Waals surface area contributed by atoms with Crippen molar-refractivity contribution < 1.29 is 15.0 Å². The minimum atomic E-state index is -1.18. The van der Waals surface area contributed by atoms with Gasteiger partial charge in [-0.05, 0) is 6.92 Å². The lowest BCUT2D eigenvalue weighted by atomic mass is 10.5. The SMILES string of the molecule is C[C@@H](O)[13C@H](N)C(=O)O. The number of rotatable bonds is 2. The van der Waals surface area contributed by atoms with Gasteiger partial charge in [-0.3, -0.25) is 4.79 Å². The summed E-state index contributed by atoms with van der Waals surface area (Å²) in [5, 5.41) is 16.6. The smallest absolute Gasteiger partial charge is 0.323 e. The van der Waals surface area contributed by atoms with E-state index in [2.05, 4.69) is 0 Å². The third-order valence-corrected chi connectivity index (χ3v) is 0.805. The monoisotopic (exact) mass is 120 g/mol. The van der Waals surface area contributed by atoms with Crippen molar-refractivity contribution in [3.05, 3.63) is 0 Å². The van der Waals surface area contributed by atoms with Gasteiger partial charge in [0.15, 0.2) is 0 Å². The van der Waals surface area contributed by atoms with Crippen LogP contribution >= 0.6 is 0 Å². The molecule has 0 saturated heterocycles. The zero-order chi connectivity index (χ0) is 6.73. The van der Waals surface area contributed by atoms with Gasteiger partial charge in [0, 0.05) is 0 Å². The van der Waals surface area contributed by atoms with Gasteiger partial charge >= 0.3 is 5.97 Å². The maximum atomic E-state index is 9.86. The van der Waals surface area contributed by atoms with E-state index in [0.717, 1.165) is 0 Å². The van der Waals surface area contributed by atoms with Crippen molar-refractivity contribution in [3.8, 4) is 0 Å². The summed E-state index contributed by atoms with van der Waals surface area (Å²) in [6.07, 6.45) is -0.979. The zero-order valence-corrected chi connectivity index (χ0v) is 4.53. The number of aliphatic carboxylic acids is 1. The highest BCUT2D eigenvalue weighted by Crippen LogP contribution is 1.85. The lowest BCUT2D eigenvalue weighted by Crippen LogP contribution is -2.39. The molecule has 0 aliphatic rings. The highest BCUT2D eigenvalue weighted by molar-refractivity contribution is 5.73. The van der Waals surface area contributed by atoms with E-state index in [9.17, 15) is 4.79 Å². The molecule has 4 N–H and O–H groups in total. The predicted molar refractivity (Wildman–Crippen MR) is 27.3 cm³/mol. The van der Waals surface area contributed by atoms with Crippen LogP contribution < -0.4 is 5.73 Å². The first-order valence-electron chi connectivity index (χ1n) is 2.22. The normalized spacial score (nSPS) is 17.4. The van der Waals surface area contributed by atoms with Crippen molar-refractivity contribution in [3.63, 3.8) is 0 Å². The Labute approximate surface area is 46.9 Å². The molecule has 0 aromatic heterocycles. The number of carbonyl (C=O) groups is 1. The minimum Gasteiger partial charge on any atom is -0.480 e. The molecule has 0 unspecified atom stereocenters. The molecule has 48 valence electrons. The average molecular weight is 120 g/mol. The molecule has 8 heavy (non-hydrogen) atoms. The van der Waals surface area contributed by atoms with Crippen molar-refractivity contribution in [2.45, 2.75) is 19.1 Å². The van der Waals surface area contributed by atoms with Crippen molar-refractivity contribution in [1.82, 2.24) is 0 Å². The van der Waals surface area contributed by atoms with Crippen LogP contribution in [0.2, 0.25) is 0 Å². The molecule has 0 amide bonds. The molecule has 0 aromatic rings. The van der Waals surface area contributed by atoms with Gasteiger partial charge in [-0.2, -0.15) is 0 Å². The fourth-order valence-electron chi connectivity index (χ4n) is 0.206. The van der Waals surface area contributed by atoms with Gasteiger partial charge in [0.1, 0.15) is 6.04 Å². The summed E-state index contributed by atoms with van der Waals surface area (Å²) in [6, 6.07) is -1.16. The van der Waals surface area contributed by atoms with Crippen LogP contribution in [0.25, 0.3) is 0 Å². The van der Waals surface area contributed by atoms with Gasteiger partial charge in [0.2, 0.25) is 0 Å². The summed E-state index contributed by atoms with van der Waals surface area (Å²) in [5.41, 5.74) is 4.91. The lowest BCUT2D eigenvalue weighted by molar-refractivity contribution is -0.140. The second-order valence-corrected chi connectivity index (χ2v) is 1.60. The number of aliphatic hydroxyl groups is 1. The van der Waals surface area contributed by atoms with Crippen molar-refractivity contribution in [2.24, 2.45) is 5.73 Å². The molecule has 0 aliphatic carbocycles. The average Bonchev–Trinajstić information content (AvgIpc) is 1.64. The molecule has 0 bridgehead atoms. The van der Waals surface area contributed by atoms with Crippen molar-refractivity contribution in [1.29, 1.82) is 0 Å². The van der Waals surface area contributed by atoms with Crippen LogP contribution in [0, 0.1) is 0 Å². The van der Waals surface area contributed by atoms with E-state index in [4.69, 9.17) is 15.9 Å². The largest absolute Gasteiger partial charge is 0.480 e. The number of carboxylic acid groups (broad SMARTS) is 1. The first-order valence-corrected chi connectivity index (χ1v) is 2.22. The van der Waals surface area contributed by atoms with Crippen LogP contribution in [0.1, 0.15) is 6.92 Å². The molecule has 4 heteroatoms. The summed E-state index contributed by atoms with van der Waals surface area (Å²) in [7, 11) is 0. The second-order valence-electron chi connectivity index (χ2n) is 1.60. The van der Waals surface area contributed by atoms with Crippen molar-refractivity contribution >= 4 is 5.97 Å². The van der Waals surface area contributed by atoms with E-state index in [0.29, 0.717) is 0 Å². The zero-order valence-electron chi connectivity index (χ0n) is 4.53. The van der Waals surface area contributed by atoms with E-state index in [1.165, 1.54) is 6.92 Å². The molecule has 0 radical (unpaired) electrons. The van der Waals surface area contributed by atoms with Crippen LogP contribution in [-0.4, -0.2) is 28.3 Å². The van der Waals surface area contributed by atoms with Crippen LogP contribution in [0.4, 0.5) is 0 Å². The topological polar surface area (TPSA) is 83.5 Å². The maximum Gasteiger partial charge on any atom is 0.323 e. The third-order valence-electron chi connectivity index (χ3n) is 0.805. The van der Waals surface area contributed by atoms with E-state index < -0.39 is 18.1 Å².